The molecule has 0 amide bonds. The molecule has 0 aliphatic carbocycles. The van der Waals surface area contributed by atoms with Crippen molar-refractivity contribution in [1.29, 1.82) is 0 Å². The van der Waals surface area contributed by atoms with Crippen LogP contribution in [-0.2, 0) is 0 Å². The molecule has 32 heavy (non-hydrogen) atoms. The number of hydrogen-bond donors (Lipinski definition) is 2. The molecule has 5 heterocycles. The number of nitrogens with zero attached hydrogens (tertiary/aromatic N) is 5. The number of rotatable bonds is 3. The highest BCUT2D eigenvalue weighted by atomic mass is 19.1. The molecule has 0 bridgehead atoms. The molecule has 0 saturated carbocycles. The molecule has 0 unspecified atom stereocenters. The van der Waals surface area contributed by atoms with Crippen molar-refractivity contribution in [3.8, 4) is 34.0 Å². The van der Waals surface area contributed by atoms with Crippen LogP contribution in [0.3, 0.4) is 0 Å². The average Bonchev–Trinajstić information content (AvgIpc) is 3.42. The first-order chi connectivity index (χ1) is 15.7. The maximum Gasteiger partial charge on any atom is 0.159 e. The Morgan fingerprint density at radius 1 is 0.906 bits per heavy atom. The van der Waals surface area contributed by atoms with E-state index in [2.05, 4.69) is 30.1 Å². The predicted octanol–water partition coefficient (Wildman–Crippen LogP) is 5.07. The number of pyridine rings is 3. The normalized spacial score (nSPS) is 11.4. The van der Waals surface area contributed by atoms with Crippen LogP contribution in [0, 0.1) is 12.7 Å². The Balaban J connectivity index is 1.52. The number of H-pyrrole nitrogens is 2. The first-order valence-corrected chi connectivity index (χ1v) is 10.0. The summed E-state index contributed by atoms with van der Waals surface area (Å²) in [5, 5.41) is 8.35. The summed E-state index contributed by atoms with van der Waals surface area (Å²) in [6.07, 6.45) is 6.88. The zero-order chi connectivity index (χ0) is 21.7. The molecule has 0 atom stereocenters. The van der Waals surface area contributed by atoms with Gasteiger partial charge in [0.15, 0.2) is 5.82 Å². The molecular formula is C24H16FN7. The van der Waals surface area contributed by atoms with Crippen molar-refractivity contribution in [2.75, 3.05) is 0 Å². The summed E-state index contributed by atoms with van der Waals surface area (Å²) in [7, 11) is 0. The van der Waals surface area contributed by atoms with E-state index in [1.165, 1.54) is 12.1 Å². The van der Waals surface area contributed by atoms with Crippen LogP contribution in [0.5, 0.6) is 0 Å². The van der Waals surface area contributed by atoms with Gasteiger partial charge in [0.05, 0.1) is 40.3 Å². The van der Waals surface area contributed by atoms with Crippen molar-refractivity contribution in [2.45, 2.75) is 6.92 Å². The van der Waals surface area contributed by atoms with E-state index >= 15 is 0 Å². The fourth-order valence-electron chi connectivity index (χ4n) is 3.90. The van der Waals surface area contributed by atoms with E-state index in [0.717, 1.165) is 44.5 Å². The third-order valence-corrected chi connectivity index (χ3v) is 5.35. The number of fused-ring (bicyclic) bond motifs is 2. The minimum Gasteiger partial charge on any atom is -0.335 e. The molecule has 1 aromatic carbocycles. The third kappa shape index (κ3) is 3.01. The molecule has 0 radical (unpaired) electrons. The van der Waals surface area contributed by atoms with Crippen molar-refractivity contribution >= 4 is 21.9 Å². The molecule has 0 saturated heterocycles. The topological polar surface area (TPSA) is 96.0 Å². The molecule has 0 aliphatic heterocycles. The van der Waals surface area contributed by atoms with Gasteiger partial charge in [-0.1, -0.05) is 12.1 Å². The Labute approximate surface area is 181 Å². The summed E-state index contributed by atoms with van der Waals surface area (Å²) < 4.78 is 14.0. The van der Waals surface area contributed by atoms with Gasteiger partial charge in [-0.3, -0.25) is 20.1 Å². The zero-order valence-corrected chi connectivity index (χ0v) is 17.0. The van der Waals surface area contributed by atoms with Crippen LogP contribution < -0.4 is 0 Å². The van der Waals surface area contributed by atoms with Gasteiger partial charge in [0.25, 0.3) is 0 Å². The van der Waals surface area contributed by atoms with E-state index in [1.54, 1.807) is 24.8 Å². The molecule has 6 rings (SSSR count). The van der Waals surface area contributed by atoms with E-state index in [9.17, 15) is 4.39 Å². The molecule has 0 spiro atoms. The van der Waals surface area contributed by atoms with Crippen molar-refractivity contribution in [2.24, 2.45) is 0 Å². The van der Waals surface area contributed by atoms with Crippen molar-refractivity contribution in [1.82, 2.24) is 35.1 Å². The van der Waals surface area contributed by atoms with E-state index in [4.69, 9.17) is 4.98 Å². The molecular weight excluding hydrogens is 405 g/mol. The van der Waals surface area contributed by atoms with Gasteiger partial charge in [0, 0.05) is 23.3 Å². The van der Waals surface area contributed by atoms with Gasteiger partial charge >= 0.3 is 0 Å². The maximum atomic E-state index is 14.0. The van der Waals surface area contributed by atoms with Gasteiger partial charge in [0.2, 0.25) is 0 Å². The first kappa shape index (κ1) is 18.3. The highest BCUT2D eigenvalue weighted by molar-refractivity contribution is 5.97. The average molecular weight is 421 g/mol. The molecule has 6 aromatic rings. The quantitative estimate of drug-likeness (QED) is 0.416. The summed E-state index contributed by atoms with van der Waals surface area (Å²) in [6, 6.07) is 12.6. The van der Waals surface area contributed by atoms with Gasteiger partial charge < -0.3 is 4.98 Å². The largest absolute Gasteiger partial charge is 0.335 e. The van der Waals surface area contributed by atoms with E-state index in [-0.39, 0.29) is 5.82 Å². The van der Waals surface area contributed by atoms with E-state index < -0.39 is 0 Å². The molecule has 7 nitrogen and oxygen atoms in total. The predicted molar refractivity (Wildman–Crippen MR) is 120 cm³/mol. The summed E-state index contributed by atoms with van der Waals surface area (Å²) in [4.78, 5) is 21.3. The van der Waals surface area contributed by atoms with Gasteiger partial charge in [-0.2, -0.15) is 5.10 Å². The summed E-state index contributed by atoms with van der Waals surface area (Å²) in [5.41, 5.74) is 6.74. The van der Waals surface area contributed by atoms with Crippen LogP contribution in [0.2, 0.25) is 0 Å². The number of halogens is 1. The summed E-state index contributed by atoms with van der Waals surface area (Å²) >= 11 is 0. The Morgan fingerprint density at radius 2 is 1.84 bits per heavy atom. The second-order valence-electron chi connectivity index (χ2n) is 7.59. The minimum absolute atomic E-state index is 0.291. The Kier molecular flexibility index (Phi) is 4.04. The minimum atomic E-state index is -0.291. The van der Waals surface area contributed by atoms with Crippen molar-refractivity contribution in [3.05, 3.63) is 78.6 Å². The lowest BCUT2D eigenvalue weighted by Crippen LogP contribution is -1.87. The highest BCUT2D eigenvalue weighted by Gasteiger charge is 2.17. The maximum absolute atomic E-state index is 14.0. The smallest absolute Gasteiger partial charge is 0.159 e. The fourth-order valence-corrected chi connectivity index (χ4v) is 3.90. The SMILES string of the molecule is Cc1cc(F)cc(-c2cncc3[nH]c(-c4n[nH]c5cnc(-c6ccccn6)cc45)nc23)c1. The third-order valence-electron chi connectivity index (χ3n) is 5.35. The zero-order valence-electron chi connectivity index (χ0n) is 17.0. The summed E-state index contributed by atoms with van der Waals surface area (Å²) in [6.45, 7) is 1.86. The fraction of sp³-hybridized carbons (Fsp3) is 0.0417. The molecule has 154 valence electrons. The molecule has 0 fully saturated rings. The second kappa shape index (κ2) is 7.05. The van der Waals surface area contributed by atoms with Gasteiger partial charge in [-0.05, 0) is 48.4 Å². The number of imidazole rings is 1. The number of aryl methyl sites for hydroxylation is 1. The first-order valence-electron chi connectivity index (χ1n) is 10.0. The highest BCUT2D eigenvalue weighted by Crippen LogP contribution is 2.32. The Morgan fingerprint density at radius 3 is 2.69 bits per heavy atom. The van der Waals surface area contributed by atoms with Crippen LogP contribution in [0.4, 0.5) is 4.39 Å². The van der Waals surface area contributed by atoms with Crippen LogP contribution in [0.15, 0.2) is 67.3 Å². The lowest BCUT2D eigenvalue weighted by Gasteiger charge is -2.04. The number of hydrogen-bond acceptors (Lipinski definition) is 5. The van der Waals surface area contributed by atoms with Gasteiger partial charge in [-0.25, -0.2) is 9.37 Å². The number of benzene rings is 1. The van der Waals surface area contributed by atoms with E-state index in [0.29, 0.717) is 17.0 Å². The molecule has 5 aromatic heterocycles. The Bertz CT molecular complexity index is 1580. The van der Waals surface area contributed by atoms with E-state index in [1.807, 2.05) is 37.3 Å². The van der Waals surface area contributed by atoms with Gasteiger partial charge in [-0.15, -0.1) is 0 Å². The van der Waals surface area contributed by atoms with Crippen LogP contribution in [0.25, 0.3) is 56.0 Å². The second-order valence-corrected chi connectivity index (χ2v) is 7.59. The summed E-state index contributed by atoms with van der Waals surface area (Å²) in [5.74, 6) is 0.299. The number of aromatic amines is 2. The number of nitrogens with one attached hydrogen (secondary N) is 2. The standard InChI is InChI=1S/C24H16FN7/c1-13-6-14(8-15(25)7-13)17-10-26-11-21-22(17)30-24(29-21)23-16-9-19(18-4-2-3-5-27-18)28-12-20(16)31-32-23/h2-12H,1H3,(H,29,30)(H,31,32). The van der Waals surface area contributed by atoms with Gasteiger partial charge in [0.1, 0.15) is 11.5 Å². The monoisotopic (exact) mass is 421 g/mol. The molecule has 8 heteroatoms. The lowest BCUT2D eigenvalue weighted by atomic mass is 10.0. The van der Waals surface area contributed by atoms with Crippen molar-refractivity contribution in [3.63, 3.8) is 0 Å². The van der Waals surface area contributed by atoms with Crippen LogP contribution in [-0.4, -0.2) is 35.1 Å². The van der Waals surface area contributed by atoms with Crippen molar-refractivity contribution < 1.29 is 4.39 Å². The molecule has 2 N–H and O–H groups in total. The lowest BCUT2D eigenvalue weighted by molar-refractivity contribution is 0.627. The molecule has 0 aliphatic rings. The Hall–Kier alpha value is -4.46. The van der Waals surface area contributed by atoms with Crippen LogP contribution in [0.1, 0.15) is 5.56 Å². The number of aromatic nitrogens is 7. The van der Waals surface area contributed by atoms with Crippen LogP contribution >= 0.6 is 0 Å².